The molecule has 0 aliphatic heterocycles. The molecular formula is C11H15FO. The van der Waals surface area contributed by atoms with Crippen molar-refractivity contribution in [3.8, 4) is 0 Å². The molecule has 0 saturated heterocycles. The molecule has 0 heterocycles. The second kappa shape index (κ2) is 4.38. The lowest BCUT2D eigenvalue weighted by Crippen LogP contribution is -2.03. The lowest BCUT2D eigenvalue weighted by molar-refractivity contribution is 0.147. The molecule has 1 unspecified atom stereocenters. The molecule has 0 radical (unpaired) electrons. The Bertz CT molecular complexity index is 271. The zero-order chi connectivity index (χ0) is 9.84. The number of halogens is 1. The summed E-state index contributed by atoms with van der Waals surface area (Å²) in [5, 5.41) is 9.63. The predicted octanol–water partition coefficient (Wildman–Crippen LogP) is 2.91. The SMILES string of the molecule is CC(C)CC(O)c1ccccc1F. The van der Waals surface area contributed by atoms with Gasteiger partial charge in [-0.3, -0.25) is 0 Å². The highest BCUT2D eigenvalue weighted by molar-refractivity contribution is 5.19. The average molecular weight is 182 g/mol. The van der Waals surface area contributed by atoms with Crippen molar-refractivity contribution in [3.63, 3.8) is 0 Å². The van der Waals surface area contributed by atoms with E-state index in [2.05, 4.69) is 0 Å². The second-order valence-corrected chi connectivity index (χ2v) is 3.67. The number of benzene rings is 1. The summed E-state index contributed by atoms with van der Waals surface area (Å²) in [7, 11) is 0. The first-order valence-electron chi connectivity index (χ1n) is 4.53. The van der Waals surface area contributed by atoms with Gasteiger partial charge in [-0.1, -0.05) is 32.0 Å². The molecule has 0 saturated carbocycles. The van der Waals surface area contributed by atoms with Crippen LogP contribution in [-0.2, 0) is 0 Å². The zero-order valence-corrected chi connectivity index (χ0v) is 8.00. The molecule has 0 fully saturated rings. The first-order chi connectivity index (χ1) is 6.11. The maximum Gasteiger partial charge on any atom is 0.128 e. The molecule has 1 aromatic rings. The van der Waals surface area contributed by atoms with Crippen molar-refractivity contribution in [3.05, 3.63) is 35.6 Å². The molecule has 0 amide bonds. The molecule has 1 rings (SSSR count). The summed E-state index contributed by atoms with van der Waals surface area (Å²) in [6.45, 7) is 4.01. The van der Waals surface area contributed by atoms with Crippen molar-refractivity contribution in [1.82, 2.24) is 0 Å². The van der Waals surface area contributed by atoms with Crippen LogP contribution in [0.25, 0.3) is 0 Å². The molecule has 0 aliphatic rings. The minimum atomic E-state index is -0.679. The Labute approximate surface area is 78.2 Å². The van der Waals surface area contributed by atoms with Crippen molar-refractivity contribution < 1.29 is 9.50 Å². The minimum absolute atomic E-state index is 0.323. The highest BCUT2D eigenvalue weighted by atomic mass is 19.1. The standard InChI is InChI=1S/C11H15FO/c1-8(2)7-11(13)9-5-3-4-6-10(9)12/h3-6,8,11,13H,7H2,1-2H3. The van der Waals surface area contributed by atoms with E-state index in [0.29, 0.717) is 17.9 Å². The quantitative estimate of drug-likeness (QED) is 0.762. The van der Waals surface area contributed by atoms with Gasteiger partial charge in [0.25, 0.3) is 0 Å². The topological polar surface area (TPSA) is 20.2 Å². The molecule has 1 nitrogen and oxygen atoms in total. The number of aliphatic hydroxyl groups excluding tert-OH is 1. The predicted molar refractivity (Wildman–Crippen MR) is 50.8 cm³/mol. The third-order valence-corrected chi connectivity index (χ3v) is 1.96. The van der Waals surface area contributed by atoms with Crippen molar-refractivity contribution in [1.29, 1.82) is 0 Å². The van der Waals surface area contributed by atoms with Gasteiger partial charge < -0.3 is 5.11 Å². The fourth-order valence-corrected chi connectivity index (χ4v) is 1.32. The largest absolute Gasteiger partial charge is 0.388 e. The molecule has 1 N–H and O–H groups in total. The van der Waals surface area contributed by atoms with Crippen LogP contribution in [0.15, 0.2) is 24.3 Å². The Balaban J connectivity index is 2.76. The molecule has 72 valence electrons. The fourth-order valence-electron chi connectivity index (χ4n) is 1.32. The zero-order valence-electron chi connectivity index (χ0n) is 8.00. The van der Waals surface area contributed by atoms with Gasteiger partial charge in [-0.15, -0.1) is 0 Å². The van der Waals surface area contributed by atoms with Gasteiger partial charge in [-0.25, -0.2) is 4.39 Å². The van der Waals surface area contributed by atoms with Gasteiger partial charge in [-0.05, 0) is 18.4 Å². The van der Waals surface area contributed by atoms with Gasteiger partial charge in [0, 0.05) is 5.56 Å². The van der Waals surface area contributed by atoms with Gasteiger partial charge in [0.2, 0.25) is 0 Å². The lowest BCUT2D eigenvalue weighted by Gasteiger charge is -2.13. The smallest absolute Gasteiger partial charge is 0.128 e. The summed E-state index contributed by atoms with van der Waals surface area (Å²) in [5.74, 6) is 0.0465. The Morgan fingerprint density at radius 3 is 2.46 bits per heavy atom. The molecule has 0 spiro atoms. The van der Waals surface area contributed by atoms with E-state index < -0.39 is 6.10 Å². The summed E-state index contributed by atoms with van der Waals surface area (Å²) in [6.07, 6.45) is -0.0813. The Kier molecular flexibility index (Phi) is 3.43. The van der Waals surface area contributed by atoms with Crippen LogP contribution >= 0.6 is 0 Å². The molecule has 0 aromatic heterocycles. The van der Waals surface area contributed by atoms with Gasteiger partial charge in [0.05, 0.1) is 6.10 Å². The Morgan fingerprint density at radius 1 is 1.31 bits per heavy atom. The lowest BCUT2D eigenvalue weighted by atomic mass is 9.99. The maximum absolute atomic E-state index is 13.1. The number of rotatable bonds is 3. The third kappa shape index (κ3) is 2.81. The van der Waals surface area contributed by atoms with Crippen LogP contribution in [0.2, 0.25) is 0 Å². The van der Waals surface area contributed by atoms with Crippen LogP contribution in [0.4, 0.5) is 4.39 Å². The summed E-state index contributed by atoms with van der Waals surface area (Å²) in [4.78, 5) is 0. The van der Waals surface area contributed by atoms with E-state index in [0.717, 1.165) is 0 Å². The van der Waals surface area contributed by atoms with Gasteiger partial charge in [0.1, 0.15) is 5.82 Å². The molecule has 2 heteroatoms. The van der Waals surface area contributed by atoms with Crippen molar-refractivity contribution >= 4 is 0 Å². The van der Waals surface area contributed by atoms with Crippen LogP contribution in [0, 0.1) is 11.7 Å². The summed E-state index contributed by atoms with van der Waals surface area (Å²) < 4.78 is 13.1. The van der Waals surface area contributed by atoms with E-state index in [9.17, 15) is 9.50 Å². The molecular weight excluding hydrogens is 167 g/mol. The first-order valence-corrected chi connectivity index (χ1v) is 4.53. The van der Waals surface area contributed by atoms with E-state index >= 15 is 0 Å². The molecule has 1 aromatic carbocycles. The van der Waals surface area contributed by atoms with E-state index in [-0.39, 0.29) is 5.82 Å². The summed E-state index contributed by atoms with van der Waals surface area (Å²) >= 11 is 0. The van der Waals surface area contributed by atoms with Crippen molar-refractivity contribution in [2.24, 2.45) is 5.92 Å². The molecule has 0 aliphatic carbocycles. The van der Waals surface area contributed by atoms with E-state index in [4.69, 9.17) is 0 Å². The second-order valence-electron chi connectivity index (χ2n) is 3.67. The van der Waals surface area contributed by atoms with Crippen LogP contribution in [-0.4, -0.2) is 5.11 Å². The molecule has 0 bridgehead atoms. The normalized spacial score (nSPS) is 13.3. The molecule has 13 heavy (non-hydrogen) atoms. The third-order valence-electron chi connectivity index (χ3n) is 1.96. The summed E-state index contributed by atoms with van der Waals surface area (Å²) in [5.41, 5.74) is 0.399. The van der Waals surface area contributed by atoms with E-state index in [1.165, 1.54) is 6.07 Å². The van der Waals surface area contributed by atoms with Crippen molar-refractivity contribution in [2.45, 2.75) is 26.4 Å². The number of aliphatic hydroxyl groups is 1. The van der Waals surface area contributed by atoms with Crippen molar-refractivity contribution in [2.75, 3.05) is 0 Å². The first kappa shape index (κ1) is 10.2. The Morgan fingerprint density at radius 2 is 1.92 bits per heavy atom. The minimum Gasteiger partial charge on any atom is -0.388 e. The van der Waals surface area contributed by atoms with Gasteiger partial charge in [0.15, 0.2) is 0 Å². The highest BCUT2D eigenvalue weighted by Crippen LogP contribution is 2.22. The Hall–Kier alpha value is -0.890. The van der Waals surface area contributed by atoms with Gasteiger partial charge in [-0.2, -0.15) is 0 Å². The average Bonchev–Trinajstić information content (AvgIpc) is 2.03. The van der Waals surface area contributed by atoms with E-state index in [1.807, 2.05) is 13.8 Å². The van der Waals surface area contributed by atoms with Crippen LogP contribution < -0.4 is 0 Å². The number of hydrogen-bond acceptors (Lipinski definition) is 1. The number of hydrogen-bond donors (Lipinski definition) is 1. The van der Waals surface area contributed by atoms with E-state index in [1.54, 1.807) is 18.2 Å². The maximum atomic E-state index is 13.1. The fraction of sp³-hybridized carbons (Fsp3) is 0.455. The summed E-state index contributed by atoms with van der Waals surface area (Å²) in [6, 6.07) is 6.37. The van der Waals surface area contributed by atoms with Crippen LogP contribution in [0.1, 0.15) is 31.9 Å². The van der Waals surface area contributed by atoms with Crippen LogP contribution in [0.3, 0.4) is 0 Å². The monoisotopic (exact) mass is 182 g/mol. The van der Waals surface area contributed by atoms with Crippen LogP contribution in [0.5, 0.6) is 0 Å². The highest BCUT2D eigenvalue weighted by Gasteiger charge is 2.12. The molecule has 1 atom stereocenters. The van der Waals surface area contributed by atoms with Gasteiger partial charge >= 0.3 is 0 Å².